The van der Waals surface area contributed by atoms with E-state index in [-0.39, 0.29) is 5.91 Å². The lowest BCUT2D eigenvalue weighted by Gasteiger charge is -2.00. The number of aromatic nitrogens is 4. The summed E-state index contributed by atoms with van der Waals surface area (Å²) in [6, 6.07) is 0. The van der Waals surface area contributed by atoms with Gasteiger partial charge < -0.3 is 4.98 Å². The lowest BCUT2D eigenvalue weighted by atomic mass is 10.2. The average molecular weight is 205 g/mol. The van der Waals surface area contributed by atoms with Crippen LogP contribution in [0.3, 0.4) is 0 Å². The number of carbonyl (C=O) groups excluding carboxylic acids is 1. The zero-order chi connectivity index (χ0) is 10.8. The van der Waals surface area contributed by atoms with Crippen LogP contribution in [0, 0.1) is 6.92 Å². The Bertz CT molecular complexity index is 471. The molecule has 2 N–H and O–H groups in total. The Hall–Kier alpha value is -2.11. The summed E-state index contributed by atoms with van der Waals surface area (Å²) in [4.78, 5) is 18.4. The van der Waals surface area contributed by atoms with Gasteiger partial charge in [-0.3, -0.25) is 14.8 Å². The molecule has 0 radical (unpaired) electrons. The van der Waals surface area contributed by atoms with Gasteiger partial charge in [0.05, 0.1) is 11.8 Å². The number of anilines is 1. The predicted octanol–water partition coefficient (Wildman–Crippen LogP) is 0.704. The van der Waals surface area contributed by atoms with Crippen molar-refractivity contribution in [2.24, 2.45) is 7.05 Å². The Morgan fingerprint density at radius 2 is 2.40 bits per heavy atom. The van der Waals surface area contributed by atoms with Gasteiger partial charge >= 0.3 is 0 Å². The van der Waals surface area contributed by atoms with Gasteiger partial charge in [0.1, 0.15) is 0 Å². The predicted molar refractivity (Wildman–Crippen MR) is 54.5 cm³/mol. The molecule has 15 heavy (non-hydrogen) atoms. The fourth-order valence-corrected chi connectivity index (χ4v) is 1.23. The van der Waals surface area contributed by atoms with Gasteiger partial charge in [0.15, 0.2) is 0 Å². The van der Waals surface area contributed by atoms with Crippen LogP contribution in [0.1, 0.15) is 16.1 Å². The summed E-state index contributed by atoms with van der Waals surface area (Å²) in [5.41, 5.74) is 1.37. The highest BCUT2D eigenvalue weighted by molar-refractivity contribution is 6.03. The monoisotopic (exact) mass is 205 g/mol. The lowest BCUT2D eigenvalue weighted by Crippen LogP contribution is -2.13. The fourth-order valence-electron chi connectivity index (χ4n) is 1.23. The Labute approximate surface area is 86.3 Å². The number of hydrogen-bond donors (Lipinski definition) is 2. The SMILES string of the molecule is Cc1c(C(=O)Nc2ncc[nH]2)cnn1C. The molecule has 0 saturated heterocycles. The number of hydrogen-bond acceptors (Lipinski definition) is 3. The van der Waals surface area contributed by atoms with E-state index in [9.17, 15) is 4.79 Å². The number of nitrogens with one attached hydrogen (secondary N) is 2. The van der Waals surface area contributed by atoms with Crippen molar-refractivity contribution in [1.29, 1.82) is 0 Å². The molecule has 6 heteroatoms. The summed E-state index contributed by atoms with van der Waals surface area (Å²) in [5, 5.41) is 6.63. The summed E-state index contributed by atoms with van der Waals surface area (Å²) in [6.45, 7) is 1.84. The van der Waals surface area contributed by atoms with Crippen molar-refractivity contribution in [3.8, 4) is 0 Å². The van der Waals surface area contributed by atoms with E-state index in [1.165, 1.54) is 6.20 Å². The molecule has 1 amide bonds. The number of aromatic amines is 1. The third-order valence-electron chi connectivity index (χ3n) is 2.21. The number of amides is 1. The van der Waals surface area contributed by atoms with Crippen LogP contribution in [-0.2, 0) is 7.05 Å². The minimum atomic E-state index is -0.212. The average Bonchev–Trinajstić information content (AvgIpc) is 2.79. The lowest BCUT2D eigenvalue weighted by molar-refractivity contribution is 0.102. The molecule has 0 atom stereocenters. The van der Waals surface area contributed by atoms with E-state index in [1.54, 1.807) is 24.1 Å². The van der Waals surface area contributed by atoms with Crippen LogP contribution in [0.15, 0.2) is 18.6 Å². The molecule has 6 nitrogen and oxygen atoms in total. The molecule has 0 aliphatic carbocycles. The number of carbonyl (C=O) groups is 1. The Morgan fingerprint density at radius 1 is 1.60 bits per heavy atom. The standard InChI is InChI=1S/C9H11N5O/c1-6-7(5-12-14(6)2)8(15)13-9-10-3-4-11-9/h3-5H,1-2H3,(H2,10,11,13,15). The van der Waals surface area contributed by atoms with Crippen molar-refractivity contribution in [2.45, 2.75) is 6.92 Å². The van der Waals surface area contributed by atoms with Crippen LogP contribution in [0.5, 0.6) is 0 Å². The van der Waals surface area contributed by atoms with Crippen molar-refractivity contribution in [1.82, 2.24) is 19.7 Å². The zero-order valence-corrected chi connectivity index (χ0v) is 8.48. The second kappa shape index (κ2) is 3.56. The van der Waals surface area contributed by atoms with Gasteiger partial charge in [-0.25, -0.2) is 4.98 Å². The summed E-state index contributed by atoms with van der Waals surface area (Å²) in [5.74, 6) is 0.221. The van der Waals surface area contributed by atoms with Crippen LogP contribution >= 0.6 is 0 Å². The molecule has 2 aromatic rings. The van der Waals surface area contributed by atoms with Gasteiger partial charge in [0.2, 0.25) is 5.95 Å². The maximum atomic E-state index is 11.7. The quantitative estimate of drug-likeness (QED) is 0.757. The third kappa shape index (κ3) is 1.74. The van der Waals surface area contributed by atoms with Gasteiger partial charge in [0.25, 0.3) is 5.91 Å². The highest BCUT2D eigenvalue weighted by atomic mass is 16.1. The first kappa shape index (κ1) is 9.45. The second-order valence-corrected chi connectivity index (χ2v) is 3.16. The van der Waals surface area contributed by atoms with Crippen molar-refractivity contribution in [3.05, 3.63) is 29.8 Å². The van der Waals surface area contributed by atoms with E-state index >= 15 is 0 Å². The maximum Gasteiger partial charge on any atom is 0.261 e. The van der Waals surface area contributed by atoms with Gasteiger partial charge in [-0.05, 0) is 6.92 Å². The molecule has 0 fully saturated rings. The summed E-state index contributed by atoms with van der Waals surface area (Å²) in [6.07, 6.45) is 4.75. The van der Waals surface area contributed by atoms with Crippen LogP contribution in [0.4, 0.5) is 5.95 Å². The molecule has 0 aromatic carbocycles. The number of aryl methyl sites for hydroxylation is 1. The summed E-state index contributed by atoms with van der Waals surface area (Å²) < 4.78 is 1.65. The Morgan fingerprint density at radius 3 is 2.93 bits per heavy atom. The summed E-state index contributed by atoms with van der Waals surface area (Å²) in [7, 11) is 1.79. The largest absolute Gasteiger partial charge is 0.331 e. The molecule has 2 aromatic heterocycles. The molecular formula is C9H11N5O. The van der Waals surface area contributed by atoms with E-state index in [1.807, 2.05) is 6.92 Å². The molecule has 2 heterocycles. The highest BCUT2D eigenvalue weighted by Crippen LogP contribution is 2.07. The Kier molecular flexibility index (Phi) is 2.24. The molecular weight excluding hydrogens is 194 g/mol. The number of H-pyrrole nitrogens is 1. The molecule has 0 saturated carbocycles. The maximum absolute atomic E-state index is 11.7. The zero-order valence-electron chi connectivity index (χ0n) is 8.48. The second-order valence-electron chi connectivity index (χ2n) is 3.16. The van der Waals surface area contributed by atoms with E-state index in [4.69, 9.17) is 0 Å². The van der Waals surface area contributed by atoms with E-state index in [2.05, 4.69) is 20.4 Å². The van der Waals surface area contributed by atoms with Crippen LogP contribution in [0.25, 0.3) is 0 Å². The summed E-state index contributed by atoms with van der Waals surface area (Å²) >= 11 is 0. The topological polar surface area (TPSA) is 75.6 Å². The van der Waals surface area contributed by atoms with Crippen LogP contribution < -0.4 is 5.32 Å². The first-order valence-corrected chi connectivity index (χ1v) is 4.48. The number of nitrogens with zero attached hydrogens (tertiary/aromatic N) is 3. The van der Waals surface area contributed by atoms with E-state index < -0.39 is 0 Å². The molecule has 0 bridgehead atoms. The first-order valence-electron chi connectivity index (χ1n) is 4.48. The minimum Gasteiger partial charge on any atom is -0.331 e. The van der Waals surface area contributed by atoms with Crippen molar-refractivity contribution < 1.29 is 4.79 Å². The highest BCUT2D eigenvalue weighted by Gasteiger charge is 2.13. The number of rotatable bonds is 2. The van der Waals surface area contributed by atoms with Crippen molar-refractivity contribution in [3.63, 3.8) is 0 Å². The minimum absolute atomic E-state index is 0.212. The molecule has 0 aliphatic rings. The fraction of sp³-hybridized carbons (Fsp3) is 0.222. The molecule has 2 rings (SSSR count). The van der Waals surface area contributed by atoms with Gasteiger partial charge in [-0.2, -0.15) is 5.10 Å². The smallest absolute Gasteiger partial charge is 0.261 e. The number of imidazole rings is 1. The Balaban J connectivity index is 2.19. The van der Waals surface area contributed by atoms with Crippen LogP contribution in [0.2, 0.25) is 0 Å². The van der Waals surface area contributed by atoms with E-state index in [0.717, 1.165) is 5.69 Å². The van der Waals surface area contributed by atoms with Gasteiger partial charge in [-0.1, -0.05) is 0 Å². The van der Waals surface area contributed by atoms with Crippen molar-refractivity contribution >= 4 is 11.9 Å². The molecule has 0 aliphatic heterocycles. The normalized spacial score (nSPS) is 10.3. The first-order chi connectivity index (χ1) is 7.18. The van der Waals surface area contributed by atoms with Gasteiger partial charge in [-0.15, -0.1) is 0 Å². The molecule has 0 unspecified atom stereocenters. The van der Waals surface area contributed by atoms with E-state index in [0.29, 0.717) is 11.5 Å². The molecule has 78 valence electrons. The van der Waals surface area contributed by atoms with Gasteiger partial charge in [0, 0.05) is 25.1 Å². The third-order valence-corrected chi connectivity index (χ3v) is 2.21. The van der Waals surface area contributed by atoms with Crippen molar-refractivity contribution in [2.75, 3.05) is 5.32 Å². The van der Waals surface area contributed by atoms with Crippen LogP contribution in [-0.4, -0.2) is 25.7 Å². The molecule has 0 spiro atoms.